The van der Waals surface area contributed by atoms with E-state index >= 15 is 0 Å². The third-order valence-corrected chi connectivity index (χ3v) is 9.24. The van der Waals surface area contributed by atoms with E-state index < -0.39 is 0 Å². The Morgan fingerprint density at radius 3 is 1.42 bits per heavy atom. The molecule has 1 aliphatic heterocycles. The summed E-state index contributed by atoms with van der Waals surface area (Å²) in [5, 5.41) is 0. The van der Waals surface area contributed by atoms with Crippen molar-refractivity contribution in [3.05, 3.63) is 181 Å². The minimum atomic E-state index is 0.581. The number of ether oxygens (including phenoxy) is 1. The van der Waals surface area contributed by atoms with Gasteiger partial charge in [-0.15, -0.1) is 0 Å². The van der Waals surface area contributed by atoms with E-state index in [0.29, 0.717) is 24.1 Å². The fraction of sp³-hybridized carbons (Fsp3) is 0.0217. The van der Waals surface area contributed by atoms with Crippen LogP contribution in [0.3, 0.4) is 0 Å². The van der Waals surface area contributed by atoms with E-state index in [9.17, 15) is 0 Å². The molecule has 9 rings (SSSR count). The summed E-state index contributed by atoms with van der Waals surface area (Å²) in [6.45, 7) is 0.581. The van der Waals surface area contributed by atoms with Gasteiger partial charge in [-0.1, -0.05) is 158 Å². The molecule has 4 heteroatoms. The number of rotatable bonds is 6. The van der Waals surface area contributed by atoms with Gasteiger partial charge in [0.2, 0.25) is 0 Å². The minimum absolute atomic E-state index is 0.581. The minimum Gasteiger partial charge on any atom is -0.488 e. The van der Waals surface area contributed by atoms with Crippen LogP contribution in [0.5, 0.6) is 5.75 Å². The molecule has 0 saturated heterocycles. The van der Waals surface area contributed by atoms with Crippen LogP contribution in [0.15, 0.2) is 176 Å². The third-order valence-electron chi connectivity index (χ3n) is 9.24. The van der Waals surface area contributed by atoms with Gasteiger partial charge in [-0.25, -0.2) is 15.0 Å². The Morgan fingerprint density at radius 1 is 0.340 bits per heavy atom. The number of fused-ring (bicyclic) bond motifs is 3. The van der Waals surface area contributed by atoms with Crippen molar-refractivity contribution >= 4 is 0 Å². The summed E-state index contributed by atoms with van der Waals surface area (Å²) >= 11 is 0. The largest absolute Gasteiger partial charge is 0.488 e. The number of aromatic nitrogens is 3. The molecule has 0 atom stereocenters. The van der Waals surface area contributed by atoms with Gasteiger partial charge in [-0.05, 0) is 62.7 Å². The second-order valence-corrected chi connectivity index (χ2v) is 12.4. The summed E-state index contributed by atoms with van der Waals surface area (Å²) in [7, 11) is 0. The molecule has 50 heavy (non-hydrogen) atoms. The molecule has 7 aromatic carbocycles. The average Bonchev–Trinajstić information content (AvgIpc) is 3.21. The summed E-state index contributed by atoms with van der Waals surface area (Å²) in [4.78, 5) is 15.2. The second-order valence-electron chi connectivity index (χ2n) is 12.4. The highest BCUT2D eigenvalue weighted by molar-refractivity contribution is 5.90. The number of nitrogens with zero attached hydrogens (tertiary/aromatic N) is 3. The standard InChI is InChI=1S/C46H31N3O/c1-3-12-31(13-4-1)35-17-9-19-37(28-35)45-47-44(48-46(49-45)38-20-10-18-36(29-38)32-14-5-2-6-15-32)34-26-24-33(25-27-34)40-22-11-23-42-43(40)41-21-8-7-16-39(41)30-50-42/h1-29H,30H2. The van der Waals surface area contributed by atoms with Crippen LogP contribution in [0.25, 0.3) is 78.7 Å². The smallest absolute Gasteiger partial charge is 0.164 e. The van der Waals surface area contributed by atoms with Crippen molar-refractivity contribution in [3.8, 4) is 84.4 Å². The first-order valence-electron chi connectivity index (χ1n) is 16.8. The molecule has 0 spiro atoms. The Labute approximate surface area is 291 Å². The van der Waals surface area contributed by atoms with Crippen molar-refractivity contribution in [2.75, 3.05) is 0 Å². The highest BCUT2D eigenvalue weighted by Crippen LogP contribution is 2.44. The maximum Gasteiger partial charge on any atom is 0.164 e. The maximum atomic E-state index is 6.16. The van der Waals surface area contributed by atoms with E-state index in [0.717, 1.165) is 61.4 Å². The van der Waals surface area contributed by atoms with Crippen LogP contribution < -0.4 is 4.74 Å². The Balaban J connectivity index is 1.15. The van der Waals surface area contributed by atoms with Crippen LogP contribution in [0.2, 0.25) is 0 Å². The Bertz CT molecular complexity index is 2370. The van der Waals surface area contributed by atoms with Gasteiger partial charge in [0.25, 0.3) is 0 Å². The lowest BCUT2D eigenvalue weighted by Crippen LogP contribution is -2.06. The molecule has 0 bridgehead atoms. The molecule has 4 nitrogen and oxygen atoms in total. The number of hydrogen-bond donors (Lipinski definition) is 0. The molecule has 0 N–H and O–H groups in total. The lowest BCUT2D eigenvalue weighted by Gasteiger charge is -2.23. The van der Waals surface area contributed by atoms with Crippen LogP contribution in [0, 0.1) is 0 Å². The van der Waals surface area contributed by atoms with Gasteiger partial charge < -0.3 is 4.74 Å². The van der Waals surface area contributed by atoms with E-state index in [1.54, 1.807) is 0 Å². The van der Waals surface area contributed by atoms with Crippen LogP contribution in [-0.4, -0.2) is 15.0 Å². The van der Waals surface area contributed by atoms with Gasteiger partial charge in [0.15, 0.2) is 17.5 Å². The topological polar surface area (TPSA) is 47.9 Å². The first-order chi connectivity index (χ1) is 24.8. The third kappa shape index (κ3) is 5.63. The molecule has 0 amide bonds. The molecule has 0 saturated carbocycles. The monoisotopic (exact) mass is 641 g/mol. The SMILES string of the molecule is c1ccc(-c2cccc(-c3nc(-c4ccc(-c5cccc6c5-c5ccccc5CO6)cc4)nc(-c4cccc(-c5ccccc5)c4)n3)c2)cc1. The fourth-order valence-electron chi connectivity index (χ4n) is 6.71. The van der Waals surface area contributed by atoms with Crippen molar-refractivity contribution in [2.24, 2.45) is 0 Å². The predicted molar refractivity (Wildman–Crippen MR) is 202 cm³/mol. The van der Waals surface area contributed by atoms with E-state index in [2.05, 4.69) is 164 Å². The van der Waals surface area contributed by atoms with Crippen molar-refractivity contribution in [1.29, 1.82) is 0 Å². The van der Waals surface area contributed by atoms with Crippen molar-refractivity contribution in [1.82, 2.24) is 15.0 Å². The lowest BCUT2D eigenvalue weighted by molar-refractivity contribution is 0.302. The predicted octanol–water partition coefficient (Wildman–Crippen LogP) is 11.4. The molecule has 0 unspecified atom stereocenters. The van der Waals surface area contributed by atoms with Gasteiger partial charge in [0.1, 0.15) is 12.4 Å². The van der Waals surface area contributed by atoms with E-state index in [1.807, 2.05) is 12.1 Å². The molecule has 0 aliphatic carbocycles. The zero-order valence-electron chi connectivity index (χ0n) is 27.2. The first kappa shape index (κ1) is 29.5. The van der Waals surface area contributed by atoms with E-state index in [-0.39, 0.29) is 0 Å². The Hall–Kier alpha value is -6.65. The number of benzene rings is 7. The van der Waals surface area contributed by atoms with Gasteiger partial charge in [-0.3, -0.25) is 0 Å². The highest BCUT2D eigenvalue weighted by atomic mass is 16.5. The van der Waals surface area contributed by atoms with Crippen LogP contribution in [0.1, 0.15) is 5.56 Å². The van der Waals surface area contributed by atoms with Gasteiger partial charge in [0, 0.05) is 22.3 Å². The second kappa shape index (κ2) is 12.8. The number of hydrogen-bond acceptors (Lipinski definition) is 4. The summed E-state index contributed by atoms with van der Waals surface area (Å²) < 4.78 is 6.16. The van der Waals surface area contributed by atoms with E-state index in [4.69, 9.17) is 19.7 Å². The molecule has 236 valence electrons. The summed E-state index contributed by atoms with van der Waals surface area (Å²) in [6, 6.07) is 60.9. The fourth-order valence-corrected chi connectivity index (χ4v) is 6.71. The quantitative estimate of drug-likeness (QED) is 0.181. The van der Waals surface area contributed by atoms with Crippen LogP contribution in [0.4, 0.5) is 0 Å². The molecular formula is C46H31N3O. The zero-order chi connectivity index (χ0) is 33.3. The van der Waals surface area contributed by atoms with Crippen molar-refractivity contribution in [3.63, 3.8) is 0 Å². The molecule has 8 aromatic rings. The van der Waals surface area contributed by atoms with Crippen molar-refractivity contribution in [2.45, 2.75) is 6.61 Å². The summed E-state index contributed by atoms with van der Waals surface area (Å²) in [5.41, 5.74) is 13.1. The first-order valence-corrected chi connectivity index (χ1v) is 16.8. The van der Waals surface area contributed by atoms with Crippen LogP contribution in [-0.2, 0) is 6.61 Å². The lowest BCUT2D eigenvalue weighted by atomic mass is 9.89. The maximum absolute atomic E-state index is 6.16. The van der Waals surface area contributed by atoms with Gasteiger partial charge in [0.05, 0.1) is 0 Å². The molecule has 2 heterocycles. The highest BCUT2D eigenvalue weighted by Gasteiger charge is 2.21. The van der Waals surface area contributed by atoms with Gasteiger partial charge in [-0.2, -0.15) is 0 Å². The van der Waals surface area contributed by atoms with Crippen molar-refractivity contribution < 1.29 is 4.74 Å². The molecule has 0 radical (unpaired) electrons. The van der Waals surface area contributed by atoms with Crippen LogP contribution >= 0.6 is 0 Å². The molecule has 1 aromatic heterocycles. The normalized spacial score (nSPS) is 11.7. The Kier molecular flexibility index (Phi) is 7.52. The summed E-state index contributed by atoms with van der Waals surface area (Å²) in [6.07, 6.45) is 0. The summed E-state index contributed by atoms with van der Waals surface area (Å²) in [5.74, 6) is 2.79. The van der Waals surface area contributed by atoms with E-state index in [1.165, 1.54) is 11.1 Å². The molecule has 0 fully saturated rings. The molecular weight excluding hydrogens is 611 g/mol. The molecule has 1 aliphatic rings. The van der Waals surface area contributed by atoms with Gasteiger partial charge >= 0.3 is 0 Å². The zero-order valence-corrected chi connectivity index (χ0v) is 27.2. The Morgan fingerprint density at radius 2 is 0.800 bits per heavy atom. The average molecular weight is 642 g/mol.